The maximum Gasteiger partial charge on any atom is 0.218 e. The number of aryl methyl sites for hydroxylation is 1. The van der Waals surface area contributed by atoms with Crippen molar-refractivity contribution in [3.8, 4) is 5.88 Å². The molecule has 2 aliphatic rings. The Labute approximate surface area is 141 Å². The summed E-state index contributed by atoms with van der Waals surface area (Å²) >= 11 is 0. The van der Waals surface area contributed by atoms with Gasteiger partial charge in [-0.15, -0.1) is 0 Å². The highest BCUT2D eigenvalue weighted by Crippen LogP contribution is 2.28. The molecule has 7 heteroatoms. The van der Waals surface area contributed by atoms with Crippen LogP contribution in [0.25, 0.3) is 0 Å². The van der Waals surface area contributed by atoms with Gasteiger partial charge in [0.25, 0.3) is 0 Å². The van der Waals surface area contributed by atoms with Gasteiger partial charge in [-0.1, -0.05) is 0 Å². The second kappa shape index (κ2) is 6.59. The molecule has 0 bridgehead atoms. The first-order chi connectivity index (χ1) is 11.8. The molecule has 0 atom stereocenters. The third-order valence-electron chi connectivity index (χ3n) is 4.84. The zero-order chi connectivity index (χ0) is 16.4. The van der Waals surface area contributed by atoms with E-state index in [1.54, 1.807) is 19.8 Å². The molecule has 0 spiro atoms. The normalized spacial score (nSPS) is 17.5. The van der Waals surface area contributed by atoms with Crippen molar-refractivity contribution in [2.75, 3.05) is 43.1 Å². The van der Waals surface area contributed by atoms with Gasteiger partial charge >= 0.3 is 0 Å². The van der Waals surface area contributed by atoms with E-state index in [1.807, 2.05) is 6.07 Å². The van der Waals surface area contributed by atoms with Gasteiger partial charge in [0.2, 0.25) is 5.88 Å². The average Bonchev–Trinajstić information content (AvgIpc) is 2.68. The molecule has 126 valence electrons. The molecular formula is C17H22N6O. The first-order valence-electron chi connectivity index (χ1n) is 8.54. The third kappa shape index (κ3) is 2.86. The lowest BCUT2D eigenvalue weighted by atomic mass is 9.96. The van der Waals surface area contributed by atoms with Crippen molar-refractivity contribution < 1.29 is 4.74 Å². The number of methoxy groups -OCH3 is 1. The Morgan fingerprint density at radius 3 is 2.46 bits per heavy atom. The van der Waals surface area contributed by atoms with E-state index in [4.69, 9.17) is 4.74 Å². The molecule has 1 saturated heterocycles. The zero-order valence-corrected chi connectivity index (χ0v) is 14.0. The summed E-state index contributed by atoms with van der Waals surface area (Å²) in [5, 5.41) is 0. The molecule has 0 amide bonds. The Balaban J connectivity index is 1.48. The Kier molecular flexibility index (Phi) is 4.15. The van der Waals surface area contributed by atoms with Gasteiger partial charge in [0.15, 0.2) is 0 Å². The predicted octanol–water partition coefficient (Wildman–Crippen LogP) is 1.48. The molecule has 0 N–H and O–H groups in total. The number of ether oxygens (including phenoxy) is 1. The highest BCUT2D eigenvalue weighted by molar-refractivity contribution is 5.52. The van der Waals surface area contributed by atoms with Gasteiger partial charge in [-0.25, -0.2) is 19.9 Å². The first-order valence-corrected chi connectivity index (χ1v) is 8.54. The fraction of sp³-hybridized carbons (Fsp3) is 0.529. The quantitative estimate of drug-likeness (QED) is 0.846. The molecule has 1 aliphatic heterocycles. The van der Waals surface area contributed by atoms with Crippen molar-refractivity contribution in [1.82, 2.24) is 19.9 Å². The van der Waals surface area contributed by atoms with Gasteiger partial charge in [-0.05, 0) is 25.7 Å². The van der Waals surface area contributed by atoms with Gasteiger partial charge in [0.05, 0.1) is 7.11 Å². The smallest absolute Gasteiger partial charge is 0.218 e. The molecule has 0 unspecified atom stereocenters. The first kappa shape index (κ1) is 15.1. The fourth-order valence-electron chi connectivity index (χ4n) is 3.54. The van der Waals surface area contributed by atoms with Crippen LogP contribution in [0.1, 0.15) is 24.1 Å². The molecule has 7 nitrogen and oxygen atoms in total. The molecular weight excluding hydrogens is 304 g/mol. The van der Waals surface area contributed by atoms with Crippen LogP contribution in [-0.4, -0.2) is 53.2 Å². The summed E-state index contributed by atoms with van der Waals surface area (Å²) in [6.07, 6.45) is 7.96. The monoisotopic (exact) mass is 326 g/mol. The molecule has 24 heavy (non-hydrogen) atoms. The highest BCUT2D eigenvalue weighted by Gasteiger charge is 2.24. The maximum absolute atomic E-state index is 5.19. The fourth-order valence-corrected chi connectivity index (χ4v) is 3.54. The van der Waals surface area contributed by atoms with Crippen molar-refractivity contribution in [2.45, 2.75) is 25.7 Å². The zero-order valence-electron chi connectivity index (χ0n) is 14.0. The van der Waals surface area contributed by atoms with Crippen molar-refractivity contribution in [3.05, 3.63) is 30.0 Å². The van der Waals surface area contributed by atoms with Gasteiger partial charge in [0, 0.05) is 43.5 Å². The Morgan fingerprint density at radius 1 is 0.875 bits per heavy atom. The number of nitrogens with zero attached hydrogens (tertiary/aromatic N) is 6. The summed E-state index contributed by atoms with van der Waals surface area (Å²) in [5.74, 6) is 2.66. The summed E-state index contributed by atoms with van der Waals surface area (Å²) in [6, 6.07) is 1.89. The molecule has 0 radical (unpaired) electrons. The largest absolute Gasteiger partial charge is 0.481 e. The SMILES string of the molecule is COc1cc(N2CCN(c3ncnc4c3CCCC4)CC2)ncn1. The Morgan fingerprint density at radius 2 is 1.62 bits per heavy atom. The molecule has 3 heterocycles. The maximum atomic E-state index is 5.19. The molecule has 2 aromatic heterocycles. The minimum absolute atomic E-state index is 0.604. The molecule has 1 aliphatic carbocycles. The number of hydrogen-bond acceptors (Lipinski definition) is 7. The molecule has 1 fully saturated rings. The van der Waals surface area contributed by atoms with Crippen LogP contribution < -0.4 is 14.5 Å². The number of rotatable bonds is 3. The molecule has 0 aromatic carbocycles. The lowest BCUT2D eigenvalue weighted by Crippen LogP contribution is -2.47. The minimum Gasteiger partial charge on any atom is -0.481 e. The van der Waals surface area contributed by atoms with Gasteiger partial charge in [0.1, 0.15) is 24.3 Å². The van der Waals surface area contributed by atoms with E-state index in [0.717, 1.165) is 50.7 Å². The van der Waals surface area contributed by atoms with Gasteiger partial charge in [-0.2, -0.15) is 0 Å². The van der Waals surface area contributed by atoms with Crippen LogP contribution in [0.15, 0.2) is 18.7 Å². The van der Waals surface area contributed by atoms with Crippen LogP contribution in [-0.2, 0) is 12.8 Å². The van der Waals surface area contributed by atoms with Crippen LogP contribution in [0.2, 0.25) is 0 Å². The third-order valence-corrected chi connectivity index (χ3v) is 4.84. The number of hydrogen-bond donors (Lipinski definition) is 0. The summed E-state index contributed by atoms with van der Waals surface area (Å²) in [7, 11) is 1.63. The molecule has 4 rings (SSSR count). The van der Waals surface area contributed by atoms with Crippen LogP contribution >= 0.6 is 0 Å². The van der Waals surface area contributed by atoms with E-state index in [1.165, 1.54) is 24.1 Å². The number of aromatic nitrogens is 4. The van der Waals surface area contributed by atoms with Crippen molar-refractivity contribution in [1.29, 1.82) is 0 Å². The van der Waals surface area contributed by atoms with E-state index in [9.17, 15) is 0 Å². The topological polar surface area (TPSA) is 67.3 Å². The number of anilines is 2. The second-order valence-electron chi connectivity index (χ2n) is 6.22. The average molecular weight is 326 g/mol. The summed E-state index contributed by atoms with van der Waals surface area (Å²) < 4.78 is 5.19. The predicted molar refractivity (Wildman–Crippen MR) is 91.7 cm³/mol. The van der Waals surface area contributed by atoms with E-state index < -0.39 is 0 Å². The van der Waals surface area contributed by atoms with Crippen LogP contribution in [0.3, 0.4) is 0 Å². The second-order valence-corrected chi connectivity index (χ2v) is 6.22. The molecule has 2 aromatic rings. The summed E-state index contributed by atoms with van der Waals surface area (Å²) in [4.78, 5) is 22.2. The molecule has 0 saturated carbocycles. The summed E-state index contributed by atoms with van der Waals surface area (Å²) in [5.41, 5.74) is 2.61. The summed E-state index contributed by atoms with van der Waals surface area (Å²) in [6.45, 7) is 3.71. The number of piperazine rings is 1. The van der Waals surface area contributed by atoms with Gasteiger partial charge < -0.3 is 14.5 Å². The van der Waals surface area contributed by atoms with Crippen LogP contribution in [0.5, 0.6) is 5.88 Å². The standard InChI is InChI=1S/C17H22N6O/c1-24-16-10-15(19-12-20-16)22-6-8-23(9-7-22)17-13-4-2-3-5-14(13)18-11-21-17/h10-12H,2-9H2,1H3. The lowest BCUT2D eigenvalue weighted by molar-refractivity contribution is 0.396. The van der Waals surface area contributed by atoms with E-state index >= 15 is 0 Å². The highest BCUT2D eigenvalue weighted by atomic mass is 16.5. The van der Waals surface area contributed by atoms with Crippen molar-refractivity contribution >= 4 is 11.6 Å². The number of fused-ring (bicyclic) bond motifs is 1. The van der Waals surface area contributed by atoms with Crippen LogP contribution in [0, 0.1) is 0 Å². The van der Waals surface area contributed by atoms with Gasteiger partial charge in [-0.3, -0.25) is 0 Å². The Bertz CT molecular complexity index is 714. The van der Waals surface area contributed by atoms with E-state index in [-0.39, 0.29) is 0 Å². The lowest BCUT2D eigenvalue weighted by Gasteiger charge is -2.37. The van der Waals surface area contributed by atoms with E-state index in [0.29, 0.717) is 5.88 Å². The van der Waals surface area contributed by atoms with Crippen molar-refractivity contribution in [3.63, 3.8) is 0 Å². The van der Waals surface area contributed by atoms with Crippen molar-refractivity contribution in [2.24, 2.45) is 0 Å². The van der Waals surface area contributed by atoms with E-state index in [2.05, 4.69) is 29.7 Å². The van der Waals surface area contributed by atoms with Crippen LogP contribution in [0.4, 0.5) is 11.6 Å². The minimum atomic E-state index is 0.604. The Hall–Kier alpha value is -2.44.